The number of nitro benzene ring substituents is 1. The standard InChI is InChI=1S/C15H21ClN4O2.ClH/c16-13-1-2-15(20(21)22)12(9-13)11-18-5-7-19(8-6-18)14-3-4-17-10-14;/h1-2,9,14,17H,3-8,10-11H2;1H. The predicted octanol–water partition coefficient (Wildman–Crippen LogP) is 2.15. The molecule has 0 saturated carbocycles. The monoisotopic (exact) mass is 360 g/mol. The van der Waals surface area contributed by atoms with E-state index in [1.165, 1.54) is 12.5 Å². The van der Waals surface area contributed by atoms with E-state index in [0.29, 0.717) is 23.2 Å². The molecule has 6 nitrogen and oxygen atoms in total. The van der Waals surface area contributed by atoms with E-state index >= 15 is 0 Å². The van der Waals surface area contributed by atoms with Crippen LogP contribution in [0.5, 0.6) is 0 Å². The lowest BCUT2D eigenvalue weighted by Gasteiger charge is -2.37. The van der Waals surface area contributed by atoms with Crippen molar-refractivity contribution in [3.05, 3.63) is 38.9 Å². The van der Waals surface area contributed by atoms with Gasteiger partial charge in [0, 0.05) is 62.0 Å². The van der Waals surface area contributed by atoms with Gasteiger partial charge in [-0.25, -0.2) is 0 Å². The molecule has 3 rings (SSSR count). The summed E-state index contributed by atoms with van der Waals surface area (Å²) in [5.41, 5.74) is 0.861. The number of benzene rings is 1. The molecule has 2 fully saturated rings. The van der Waals surface area contributed by atoms with Gasteiger partial charge in [-0.15, -0.1) is 12.4 Å². The molecule has 0 aliphatic carbocycles. The molecule has 2 saturated heterocycles. The molecule has 2 aliphatic heterocycles. The maximum Gasteiger partial charge on any atom is 0.273 e. The highest BCUT2D eigenvalue weighted by Gasteiger charge is 2.27. The van der Waals surface area contributed by atoms with Crippen LogP contribution in [-0.2, 0) is 6.54 Å². The van der Waals surface area contributed by atoms with Gasteiger partial charge in [0.25, 0.3) is 5.69 Å². The first-order valence-corrected chi connectivity index (χ1v) is 8.11. The summed E-state index contributed by atoms with van der Waals surface area (Å²) in [5.74, 6) is 0. The van der Waals surface area contributed by atoms with Crippen LogP contribution in [0.3, 0.4) is 0 Å². The van der Waals surface area contributed by atoms with Gasteiger partial charge in [0.05, 0.1) is 4.92 Å². The number of nitrogens with one attached hydrogen (secondary N) is 1. The van der Waals surface area contributed by atoms with Crippen molar-refractivity contribution < 1.29 is 4.92 Å². The normalized spacial score (nSPS) is 22.7. The van der Waals surface area contributed by atoms with E-state index < -0.39 is 0 Å². The highest BCUT2D eigenvalue weighted by molar-refractivity contribution is 6.30. The molecule has 0 aromatic heterocycles. The number of nitrogens with zero attached hydrogens (tertiary/aromatic N) is 3. The summed E-state index contributed by atoms with van der Waals surface area (Å²) < 4.78 is 0. The number of hydrogen-bond donors (Lipinski definition) is 1. The molecule has 1 aromatic rings. The van der Waals surface area contributed by atoms with E-state index in [0.717, 1.165) is 39.3 Å². The smallest absolute Gasteiger partial charge is 0.273 e. The van der Waals surface area contributed by atoms with E-state index in [2.05, 4.69) is 15.1 Å². The topological polar surface area (TPSA) is 61.7 Å². The lowest BCUT2D eigenvalue weighted by molar-refractivity contribution is -0.385. The molecule has 0 radical (unpaired) electrons. The Balaban J connectivity index is 0.00000192. The van der Waals surface area contributed by atoms with Gasteiger partial charge in [0.1, 0.15) is 0 Å². The molecule has 0 bridgehead atoms. The molecular weight excluding hydrogens is 339 g/mol. The fourth-order valence-electron chi connectivity index (χ4n) is 3.34. The minimum absolute atomic E-state index is 0. The Morgan fingerprint density at radius 2 is 2.04 bits per heavy atom. The Morgan fingerprint density at radius 1 is 1.30 bits per heavy atom. The maximum atomic E-state index is 11.1. The third-order valence-corrected chi connectivity index (χ3v) is 4.82. The summed E-state index contributed by atoms with van der Waals surface area (Å²) in [6.07, 6.45) is 1.22. The second-order valence-electron chi connectivity index (χ2n) is 5.99. The summed E-state index contributed by atoms with van der Waals surface area (Å²) in [6.45, 7) is 6.73. The van der Waals surface area contributed by atoms with Crippen LogP contribution in [0.4, 0.5) is 5.69 Å². The van der Waals surface area contributed by atoms with Crippen molar-refractivity contribution in [1.82, 2.24) is 15.1 Å². The van der Waals surface area contributed by atoms with Crippen LogP contribution in [0, 0.1) is 10.1 Å². The van der Waals surface area contributed by atoms with Crippen molar-refractivity contribution in [2.75, 3.05) is 39.3 Å². The zero-order valence-electron chi connectivity index (χ0n) is 12.9. The van der Waals surface area contributed by atoms with E-state index in [9.17, 15) is 10.1 Å². The molecule has 2 heterocycles. The predicted molar refractivity (Wildman–Crippen MR) is 93.5 cm³/mol. The zero-order chi connectivity index (χ0) is 15.5. The summed E-state index contributed by atoms with van der Waals surface area (Å²) >= 11 is 5.99. The van der Waals surface area contributed by atoms with Crippen molar-refractivity contribution in [2.45, 2.75) is 19.0 Å². The number of rotatable bonds is 4. The van der Waals surface area contributed by atoms with Gasteiger partial charge in [-0.05, 0) is 25.1 Å². The second-order valence-corrected chi connectivity index (χ2v) is 6.43. The highest BCUT2D eigenvalue weighted by atomic mass is 35.5. The van der Waals surface area contributed by atoms with Gasteiger partial charge < -0.3 is 5.32 Å². The average Bonchev–Trinajstić information content (AvgIpc) is 3.02. The van der Waals surface area contributed by atoms with E-state index in [1.54, 1.807) is 12.1 Å². The molecule has 8 heteroatoms. The third kappa shape index (κ3) is 4.55. The van der Waals surface area contributed by atoms with Gasteiger partial charge in [0.2, 0.25) is 0 Å². The zero-order valence-corrected chi connectivity index (χ0v) is 14.5. The molecule has 1 aromatic carbocycles. The SMILES string of the molecule is Cl.O=[N+]([O-])c1ccc(Cl)cc1CN1CCN(C2CCNC2)CC1. The van der Waals surface area contributed by atoms with Crippen molar-refractivity contribution >= 4 is 29.7 Å². The molecule has 1 N–H and O–H groups in total. The number of nitro groups is 1. The lowest BCUT2D eigenvalue weighted by atomic mass is 10.1. The minimum Gasteiger partial charge on any atom is -0.315 e. The molecule has 0 spiro atoms. The quantitative estimate of drug-likeness (QED) is 0.658. The largest absolute Gasteiger partial charge is 0.315 e. The second kappa shape index (κ2) is 8.26. The first-order chi connectivity index (χ1) is 10.6. The lowest BCUT2D eigenvalue weighted by Crippen LogP contribution is -2.50. The van der Waals surface area contributed by atoms with Gasteiger partial charge >= 0.3 is 0 Å². The Labute approximate surface area is 147 Å². The van der Waals surface area contributed by atoms with Crippen LogP contribution in [-0.4, -0.2) is 60.0 Å². The van der Waals surface area contributed by atoms with Crippen LogP contribution in [0.1, 0.15) is 12.0 Å². The Hall–Kier alpha value is -0.920. The Bertz CT molecular complexity index is 544. The van der Waals surface area contributed by atoms with Crippen LogP contribution in [0.25, 0.3) is 0 Å². The van der Waals surface area contributed by atoms with Gasteiger partial charge in [-0.3, -0.25) is 19.9 Å². The molecule has 23 heavy (non-hydrogen) atoms. The van der Waals surface area contributed by atoms with Crippen molar-refractivity contribution in [2.24, 2.45) is 0 Å². The average molecular weight is 361 g/mol. The van der Waals surface area contributed by atoms with E-state index in [4.69, 9.17) is 11.6 Å². The summed E-state index contributed by atoms with van der Waals surface area (Å²) in [6, 6.07) is 5.45. The first kappa shape index (κ1) is 18.4. The van der Waals surface area contributed by atoms with Gasteiger partial charge in [-0.1, -0.05) is 11.6 Å². The molecular formula is C15H22Cl2N4O2. The van der Waals surface area contributed by atoms with Crippen LogP contribution in [0.2, 0.25) is 5.02 Å². The molecule has 1 atom stereocenters. The van der Waals surface area contributed by atoms with Crippen LogP contribution >= 0.6 is 24.0 Å². The van der Waals surface area contributed by atoms with Crippen molar-refractivity contribution in [3.8, 4) is 0 Å². The maximum absolute atomic E-state index is 11.1. The fourth-order valence-corrected chi connectivity index (χ4v) is 3.53. The van der Waals surface area contributed by atoms with E-state index in [1.807, 2.05) is 0 Å². The summed E-state index contributed by atoms with van der Waals surface area (Å²) in [4.78, 5) is 15.6. The fraction of sp³-hybridized carbons (Fsp3) is 0.600. The minimum atomic E-state index is -0.327. The Morgan fingerprint density at radius 3 is 2.65 bits per heavy atom. The van der Waals surface area contributed by atoms with Crippen LogP contribution < -0.4 is 5.32 Å². The van der Waals surface area contributed by atoms with E-state index in [-0.39, 0.29) is 23.0 Å². The molecule has 1 unspecified atom stereocenters. The first-order valence-electron chi connectivity index (χ1n) is 7.73. The number of halogens is 2. The van der Waals surface area contributed by atoms with Gasteiger partial charge in [0.15, 0.2) is 0 Å². The highest BCUT2D eigenvalue weighted by Crippen LogP contribution is 2.24. The number of hydrogen-bond acceptors (Lipinski definition) is 5. The van der Waals surface area contributed by atoms with Crippen LogP contribution in [0.15, 0.2) is 18.2 Å². The molecule has 128 valence electrons. The van der Waals surface area contributed by atoms with Crippen molar-refractivity contribution in [1.29, 1.82) is 0 Å². The summed E-state index contributed by atoms with van der Waals surface area (Å²) in [5, 5.41) is 15.1. The third-order valence-electron chi connectivity index (χ3n) is 4.59. The Kier molecular flexibility index (Phi) is 6.61. The van der Waals surface area contributed by atoms with Gasteiger partial charge in [-0.2, -0.15) is 0 Å². The summed E-state index contributed by atoms with van der Waals surface area (Å²) in [7, 11) is 0. The van der Waals surface area contributed by atoms with Crippen molar-refractivity contribution in [3.63, 3.8) is 0 Å². The molecule has 2 aliphatic rings. The number of piperazine rings is 1. The molecule has 0 amide bonds.